The zero-order valence-corrected chi connectivity index (χ0v) is 26.2. The number of ether oxygens (including phenoxy) is 2. The van der Waals surface area contributed by atoms with Gasteiger partial charge in [-0.15, -0.1) is 6.58 Å². The van der Waals surface area contributed by atoms with Crippen molar-refractivity contribution in [3.63, 3.8) is 0 Å². The molecule has 1 aliphatic heterocycles. The Labute approximate surface area is 265 Å². The lowest BCUT2D eigenvalue weighted by molar-refractivity contribution is 0.0123. The fraction of sp³-hybridized carbons (Fsp3) is 0.394. The van der Waals surface area contributed by atoms with E-state index in [1.807, 2.05) is 45.2 Å². The SMILES string of the molecule is C=CCn1c(=O)c2cnc(Nc3ccc4c(cnn4C4CC4)c3)nc2n1-c1cccc(OC2CCN(C(=O)OC(C)(C)C)CC2)n1. The highest BCUT2D eigenvalue weighted by molar-refractivity contribution is 5.84. The van der Waals surface area contributed by atoms with Crippen molar-refractivity contribution in [3.05, 3.63) is 71.8 Å². The summed E-state index contributed by atoms with van der Waals surface area (Å²) in [5.41, 5.74) is 1.52. The molecule has 0 spiro atoms. The van der Waals surface area contributed by atoms with E-state index in [4.69, 9.17) is 19.4 Å². The highest BCUT2D eigenvalue weighted by Crippen LogP contribution is 2.37. The van der Waals surface area contributed by atoms with Gasteiger partial charge >= 0.3 is 6.09 Å². The van der Waals surface area contributed by atoms with Crippen LogP contribution >= 0.6 is 0 Å². The Bertz CT molecular complexity index is 1990. The highest BCUT2D eigenvalue weighted by atomic mass is 16.6. The molecule has 1 amide bonds. The number of nitrogens with one attached hydrogen (secondary N) is 1. The molecule has 46 heavy (non-hydrogen) atoms. The van der Waals surface area contributed by atoms with Crippen LogP contribution in [0.15, 0.2) is 66.2 Å². The van der Waals surface area contributed by atoms with E-state index in [1.54, 1.807) is 27.8 Å². The number of hydrogen-bond acceptors (Lipinski definition) is 9. The zero-order valence-electron chi connectivity index (χ0n) is 26.2. The lowest BCUT2D eigenvalue weighted by Gasteiger charge is -2.33. The number of allylic oxidation sites excluding steroid dienone is 1. The van der Waals surface area contributed by atoms with Crippen LogP contribution in [0.4, 0.5) is 16.4 Å². The van der Waals surface area contributed by atoms with Gasteiger partial charge in [-0.05, 0) is 57.9 Å². The van der Waals surface area contributed by atoms with E-state index in [0.29, 0.717) is 60.7 Å². The number of nitrogens with zero attached hydrogens (tertiary/aromatic N) is 8. The lowest BCUT2D eigenvalue weighted by atomic mass is 10.1. The van der Waals surface area contributed by atoms with Crippen LogP contribution in [0.25, 0.3) is 27.8 Å². The van der Waals surface area contributed by atoms with Gasteiger partial charge in [0, 0.05) is 49.3 Å². The van der Waals surface area contributed by atoms with Crippen molar-refractivity contribution in [3.8, 4) is 11.7 Å². The molecule has 5 aromatic rings. The normalized spacial score (nSPS) is 15.8. The van der Waals surface area contributed by atoms with Gasteiger partial charge in [0.05, 0.1) is 24.3 Å². The average molecular weight is 624 g/mol. The molecule has 7 rings (SSSR count). The number of aromatic nitrogens is 7. The number of fused-ring (bicyclic) bond motifs is 2. The van der Waals surface area contributed by atoms with Gasteiger partial charge in [-0.3, -0.25) is 9.48 Å². The minimum atomic E-state index is -0.541. The number of carbonyl (C=O) groups excluding carboxylic acids is 1. The third kappa shape index (κ3) is 5.92. The Morgan fingerprint density at radius 1 is 1.09 bits per heavy atom. The summed E-state index contributed by atoms with van der Waals surface area (Å²) in [7, 11) is 0. The van der Waals surface area contributed by atoms with E-state index in [2.05, 4.69) is 32.7 Å². The molecule has 0 radical (unpaired) electrons. The predicted octanol–water partition coefficient (Wildman–Crippen LogP) is 5.37. The van der Waals surface area contributed by atoms with Gasteiger partial charge in [-0.1, -0.05) is 12.1 Å². The first-order valence-electron chi connectivity index (χ1n) is 15.6. The van der Waals surface area contributed by atoms with Crippen molar-refractivity contribution in [1.29, 1.82) is 0 Å². The molecule has 4 aromatic heterocycles. The second-order valence-corrected chi connectivity index (χ2v) is 12.8. The smallest absolute Gasteiger partial charge is 0.410 e. The largest absolute Gasteiger partial charge is 0.474 e. The number of pyridine rings is 1. The number of hydrogen-bond donors (Lipinski definition) is 1. The Morgan fingerprint density at radius 2 is 1.89 bits per heavy atom. The molecule has 2 aliphatic rings. The van der Waals surface area contributed by atoms with E-state index >= 15 is 0 Å². The zero-order chi connectivity index (χ0) is 32.0. The maximum Gasteiger partial charge on any atom is 0.410 e. The summed E-state index contributed by atoms with van der Waals surface area (Å²) in [5, 5.41) is 9.23. The summed E-state index contributed by atoms with van der Waals surface area (Å²) in [6, 6.07) is 12.0. The van der Waals surface area contributed by atoms with E-state index in [1.165, 1.54) is 10.9 Å². The minimum absolute atomic E-state index is 0.120. The molecule has 238 valence electrons. The summed E-state index contributed by atoms with van der Waals surface area (Å²) < 4.78 is 17.1. The van der Waals surface area contributed by atoms with Crippen LogP contribution in [0.5, 0.6) is 5.88 Å². The summed E-state index contributed by atoms with van der Waals surface area (Å²) in [6.07, 6.45) is 8.25. The van der Waals surface area contributed by atoms with Crippen molar-refractivity contribution in [2.24, 2.45) is 0 Å². The predicted molar refractivity (Wildman–Crippen MR) is 174 cm³/mol. The second-order valence-electron chi connectivity index (χ2n) is 12.8. The van der Waals surface area contributed by atoms with Crippen molar-refractivity contribution >= 4 is 39.7 Å². The monoisotopic (exact) mass is 623 g/mol. The Hall–Kier alpha value is -5.20. The number of amides is 1. The van der Waals surface area contributed by atoms with Gasteiger partial charge in [-0.25, -0.2) is 19.1 Å². The molecule has 5 heterocycles. The topological polar surface area (TPSA) is 134 Å². The summed E-state index contributed by atoms with van der Waals surface area (Å²) >= 11 is 0. The van der Waals surface area contributed by atoms with Crippen LogP contribution in [-0.2, 0) is 11.3 Å². The van der Waals surface area contributed by atoms with Gasteiger partial charge in [0.15, 0.2) is 11.5 Å². The van der Waals surface area contributed by atoms with Crippen LogP contribution in [0.3, 0.4) is 0 Å². The van der Waals surface area contributed by atoms with Crippen LogP contribution in [-0.4, -0.2) is 69.9 Å². The molecule has 0 atom stereocenters. The Morgan fingerprint density at radius 3 is 2.63 bits per heavy atom. The number of carbonyl (C=O) groups is 1. The van der Waals surface area contributed by atoms with Gasteiger partial charge in [0.25, 0.3) is 5.56 Å². The van der Waals surface area contributed by atoms with Crippen molar-refractivity contribution in [2.75, 3.05) is 18.4 Å². The van der Waals surface area contributed by atoms with Gasteiger partial charge < -0.3 is 19.7 Å². The standard InChI is InChI=1S/C33H37N9O4/c1-5-15-40-30(43)25-20-34-31(36-22-9-12-26-21(18-22)19-35-41(26)23-10-11-23)38-29(25)42(40)27-7-6-8-28(37-27)45-24-13-16-39(17-14-24)32(44)46-33(2,3)4/h5-9,12,18-20,23-24H,1,10-11,13-17H2,2-4H3,(H,34,36,38). The Kier molecular flexibility index (Phi) is 7.46. The van der Waals surface area contributed by atoms with Crippen LogP contribution < -0.4 is 15.6 Å². The van der Waals surface area contributed by atoms with Gasteiger partial charge in [0.2, 0.25) is 11.8 Å². The first-order valence-corrected chi connectivity index (χ1v) is 15.6. The molecule has 0 unspecified atom stereocenters. The number of anilines is 2. The number of piperidine rings is 1. The third-order valence-corrected chi connectivity index (χ3v) is 8.03. The van der Waals surface area contributed by atoms with E-state index < -0.39 is 5.60 Å². The van der Waals surface area contributed by atoms with Crippen LogP contribution in [0, 0.1) is 0 Å². The van der Waals surface area contributed by atoms with Gasteiger partial charge in [-0.2, -0.15) is 15.1 Å². The maximum absolute atomic E-state index is 13.4. The number of benzene rings is 1. The average Bonchev–Trinajstić information content (AvgIpc) is 3.72. The van der Waals surface area contributed by atoms with Crippen LogP contribution in [0.2, 0.25) is 0 Å². The van der Waals surface area contributed by atoms with E-state index in [9.17, 15) is 9.59 Å². The second kappa shape index (κ2) is 11.6. The number of rotatable bonds is 8. The number of likely N-dealkylation sites (tertiary alicyclic amines) is 1. The molecule has 1 aromatic carbocycles. The first kappa shape index (κ1) is 29.5. The fourth-order valence-corrected chi connectivity index (χ4v) is 5.72. The summed E-state index contributed by atoms with van der Waals surface area (Å²) in [4.78, 5) is 41.6. The summed E-state index contributed by atoms with van der Waals surface area (Å²) in [6.45, 7) is 10.7. The van der Waals surface area contributed by atoms with Crippen molar-refractivity contribution in [2.45, 2.75) is 70.7 Å². The molecule has 13 nitrogen and oxygen atoms in total. The molecular formula is C33H37N9O4. The molecule has 1 aliphatic carbocycles. The van der Waals surface area contributed by atoms with E-state index in [-0.39, 0.29) is 24.3 Å². The molecule has 2 fully saturated rings. The molecule has 1 saturated heterocycles. The van der Waals surface area contributed by atoms with Crippen molar-refractivity contribution < 1.29 is 14.3 Å². The lowest BCUT2D eigenvalue weighted by Crippen LogP contribution is -2.44. The first-order chi connectivity index (χ1) is 22.2. The summed E-state index contributed by atoms with van der Waals surface area (Å²) in [5.74, 6) is 1.23. The fourth-order valence-electron chi connectivity index (χ4n) is 5.72. The quantitative estimate of drug-likeness (QED) is 0.226. The molecular weight excluding hydrogens is 586 g/mol. The highest BCUT2D eigenvalue weighted by Gasteiger charge is 2.28. The van der Waals surface area contributed by atoms with Gasteiger partial charge in [0.1, 0.15) is 17.1 Å². The van der Waals surface area contributed by atoms with E-state index in [0.717, 1.165) is 29.4 Å². The maximum atomic E-state index is 13.4. The van der Waals surface area contributed by atoms with Crippen LogP contribution in [0.1, 0.15) is 52.5 Å². The Balaban J connectivity index is 1.14. The molecule has 13 heteroatoms. The van der Waals surface area contributed by atoms with Crippen molar-refractivity contribution in [1.82, 2.24) is 39.0 Å². The molecule has 1 N–H and O–H groups in total. The minimum Gasteiger partial charge on any atom is -0.474 e. The molecule has 0 bridgehead atoms. The third-order valence-electron chi connectivity index (χ3n) is 8.03. The molecule has 1 saturated carbocycles.